The van der Waals surface area contributed by atoms with E-state index < -0.39 is 0 Å². The summed E-state index contributed by atoms with van der Waals surface area (Å²) in [5.41, 5.74) is 4.57. The highest BCUT2D eigenvalue weighted by Gasteiger charge is 2.14. The van der Waals surface area contributed by atoms with E-state index in [0.717, 1.165) is 39.7 Å². The number of hydrogen-bond donors (Lipinski definition) is 1. The van der Waals surface area contributed by atoms with Gasteiger partial charge in [-0.15, -0.1) is 0 Å². The number of benzene rings is 3. The summed E-state index contributed by atoms with van der Waals surface area (Å²) >= 11 is 0. The minimum Gasteiger partial charge on any atom is -0.493 e. The number of hydrogen-bond acceptors (Lipinski definition) is 5. The van der Waals surface area contributed by atoms with Crippen molar-refractivity contribution in [3.8, 4) is 23.0 Å². The summed E-state index contributed by atoms with van der Waals surface area (Å²) in [6, 6.07) is 20.2. The fourth-order valence-electron chi connectivity index (χ4n) is 3.34. The van der Waals surface area contributed by atoms with Gasteiger partial charge in [-0.2, -0.15) is 0 Å². The Bertz CT molecular complexity index is 986. The van der Waals surface area contributed by atoms with E-state index in [9.17, 15) is 0 Å². The molecule has 5 heteroatoms. The fourth-order valence-corrected chi connectivity index (χ4v) is 3.34. The minimum atomic E-state index is 0.289. The van der Waals surface area contributed by atoms with Crippen LogP contribution in [-0.2, 0) is 19.7 Å². The van der Waals surface area contributed by atoms with Crippen molar-refractivity contribution in [2.75, 3.05) is 13.9 Å². The summed E-state index contributed by atoms with van der Waals surface area (Å²) in [6.45, 7) is 4.26. The zero-order valence-electron chi connectivity index (χ0n) is 16.7. The molecule has 0 amide bonds. The van der Waals surface area contributed by atoms with Crippen LogP contribution in [0.25, 0.3) is 0 Å². The van der Waals surface area contributed by atoms with Crippen LogP contribution < -0.4 is 24.3 Å². The first kappa shape index (κ1) is 19.2. The lowest BCUT2D eigenvalue weighted by molar-refractivity contribution is 0.174. The molecule has 3 aromatic carbocycles. The largest absolute Gasteiger partial charge is 0.493 e. The Morgan fingerprint density at radius 2 is 1.72 bits per heavy atom. The van der Waals surface area contributed by atoms with Gasteiger partial charge in [0.05, 0.1) is 7.11 Å². The number of ether oxygens (including phenoxy) is 4. The normalized spacial score (nSPS) is 12.1. The van der Waals surface area contributed by atoms with Crippen LogP contribution in [0.1, 0.15) is 22.3 Å². The first-order valence-corrected chi connectivity index (χ1v) is 9.67. The van der Waals surface area contributed by atoms with E-state index in [1.165, 1.54) is 5.56 Å². The van der Waals surface area contributed by atoms with Gasteiger partial charge in [0, 0.05) is 18.7 Å². The standard InChI is InChI=1S/C24H25NO4/c1-17-6-3-4-7-20(17)15-27-24-19(8-5-9-22(24)26-2)14-25-13-18-10-11-21-23(12-18)29-16-28-21/h3-12,25H,13-16H2,1-2H3. The maximum Gasteiger partial charge on any atom is 0.231 e. The molecule has 3 aromatic rings. The molecule has 0 saturated carbocycles. The van der Waals surface area contributed by atoms with E-state index in [4.69, 9.17) is 18.9 Å². The third-order valence-electron chi connectivity index (χ3n) is 5.00. The first-order chi connectivity index (χ1) is 14.2. The van der Waals surface area contributed by atoms with Gasteiger partial charge in [-0.25, -0.2) is 0 Å². The molecular weight excluding hydrogens is 366 g/mol. The van der Waals surface area contributed by atoms with Crippen molar-refractivity contribution in [2.24, 2.45) is 0 Å². The van der Waals surface area contributed by atoms with Crippen LogP contribution in [0, 0.1) is 6.92 Å². The maximum atomic E-state index is 6.19. The van der Waals surface area contributed by atoms with E-state index in [1.54, 1.807) is 7.11 Å². The van der Waals surface area contributed by atoms with Crippen molar-refractivity contribution < 1.29 is 18.9 Å². The summed E-state index contributed by atoms with van der Waals surface area (Å²) in [5.74, 6) is 3.11. The molecule has 29 heavy (non-hydrogen) atoms. The summed E-state index contributed by atoms with van der Waals surface area (Å²) in [6.07, 6.45) is 0. The molecule has 0 unspecified atom stereocenters. The molecule has 5 nitrogen and oxygen atoms in total. The van der Waals surface area contributed by atoms with E-state index in [0.29, 0.717) is 19.7 Å². The minimum absolute atomic E-state index is 0.289. The maximum absolute atomic E-state index is 6.19. The molecule has 0 saturated heterocycles. The van der Waals surface area contributed by atoms with Crippen molar-refractivity contribution >= 4 is 0 Å². The lowest BCUT2D eigenvalue weighted by Crippen LogP contribution is -2.14. The summed E-state index contributed by atoms with van der Waals surface area (Å²) in [5, 5.41) is 3.48. The third-order valence-corrected chi connectivity index (χ3v) is 5.00. The quantitative estimate of drug-likeness (QED) is 0.608. The number of methoxy groups -OCH3 is 1. The first-order valence-electron chi connectivity index (χ1n) is 9.67. The van der Waals surface area contributed by atoms with Crippen molar-refractivity contribution in [2.45, 2.75) is 26.6 Å². The highest BCUT2D eigenvalue weighted by molar-refractivity contribution is 5.47. The molecule has 1 N–H and O–H groups in total. The molecule has 150 valence electrons. The van der Waals surface area contributed by atoms with Gasteiger partial charge in [-0.1, -0.05) is 42.5 Å². The Morgan fingerprint density at radius 1 is 0.897 bits per heavy atom. The van der Waals surface area contributed by atoms with Gasteiger partial charge in [0.1, 0.15) is 6.61 Å². The molecular formula is C24H25NO4. The van der Waals surface area contributed by atoms with Crippen molar-refractivity contribution in [3.63, 3.8) is 0 Å². The number of nitrogens with one attached hydrogen (secondary N) is 1. The summed E-state index contributed by atoms with van der Waals surface area (Å²) < 4.78 is 22.5. The highest BCUT2D eigenvalue weighted by atomic mass is 16.7. The molecule has 0 fully saturated rings. The van der Waals surface area contributed by atoms with Gasteiger partial charge in [-0.05, 0) is 41.8 Å². The van der Waals surface area contributed by atoms with Gasteiger partial charge in [-0.3, -0.25) is 0 Å². The van der Waals surface area contributed by atoms with Gasteiger partial charge >= 0.3 is 0 Å². The van der Waals surface area contributed by atoms with E-state index in [1.807, 2.05) is 42.5 Å². The summed E-state index contributed by atoms with van der Waals surface area (Å²) in [4.78, 5) is 0. The number of para-hydroxylation sites is 1. The fraction of sp³-hybridized carbons (Fsp3) is 0.250. The van der Waals surface area contributed by atoms with Crippen LogP contribution in [0.4, 0.5) is 0 Å². The Labute approximate surface area is 171 Å². The Morgan fingerprint density at radius 3 is 2.59 bits per heavy atom. The second-order valence-electron chi connectivity index (χ2n) is 6.95. The topological polar surface area (TPSA) is 49.0 Å². The van der Waals surface area contributed by atoms with Gasteiger partial charge < -0.3 is 24.3 Å². The average molecular weight is 391 g/mol. The number of fused-ring (bicyclic) bond motifs is 1. The lowest BCUT2D eigenvalue weighted by Gasteiger charge is -2.16. The van der Waals surface area contributed by atoms with Crippen molar-refractivity contribution in [1.29, 1.82) is 0 Å². The smallest absolute Gasteiger partial charge is 0.231 e. The van der Waals surface area contributed by atoms with Crippen molar-refractivity contribution in [1.82, 2.24) is 5.32 Å². The van der Waals surface area contributed by atoms with Gasteiger partial charge in [0.15, 0.2) is 23.0 Å². The van der Waals surface area contributed by atoms with Crippen LogP contribution in [0.2, 0.25) is 0 Å². The molecule has 4 rings (SSSR count). The van der Waals surface area contributed by atoms with Crippen LogP contribution in [0.15, 0.2) is 60.7 Å². The molecule has 0 bridgehead atoms. The molecule has 0 aliphatic carbocycles. The molecule has 0 spiro atoms. The second-order valence-corrected chi connectivity index (χ2v) is 6.95. The highest BCUT2D eigenvalue weighted by Crippen LogP contribution is 2.33. The predicted octanol–water partition coefficient (Wildman–Crippen LogP) is 4.60. The molecule has 1 heterocycles. The van der Waals surface area contributed by atoms with Crippen molar-refractivity contribution in [3.05, 3.63) is 82.9 Å². The second kappa shape index (κ2) is 8.88. The van der Waals surface area contributed by atoms with E-state index >= 15 is 0 Å². The van der Waals surface area contributed by atoms with Gasteiger partial charge in [0.2, 0.25) is 6.79 Å². The average Bonchev–Trinajstić information content (AvgIpc) is 3.21. The van der Waals surface area contributed by atoms with Gasteiger partial charge in [0.25, 0.3) is 0 Å². The van der Waals surface area contributed by atoms with Crippen LogP contribution >= 0.6 is 0 Å². The molecule has 0 aromatic heterocycles. The zero-order chi connectivity index (χ0) is 20.1. The molecule has 1 aliphatic rings. The monoisotopic (exact) mass is 391 g/mol. The van der Waals surface area contributed by atoms with Crippen LogP contribution in [0.5, 0.6) is 23.0 Å². The Hall–Kier alpha value is -3.18. The molecule has 0 radical (unpaired) electrons. The third kappa shape index (κ3) is 4.46. The predicted molar refractivity (Wildman–Crippen MR) is 112 cm³/mol. The molecule has 1 aliphatic heterocycles. The zero-order valence-corrected chi connectivity index (χ0v) is 16.7. The number of aryl methyl sites for hydroxylation is 1. The van der Waals surface area contributed by atoms with E-state index in [2.05, 4.69) is 30.4 Å². The summed E-state index contributed by atoms with van der Waals surface area (Å²) in [7, 11) is 1.67. The Kier molecular flexibility index (Phi) is 5.86. The van der Waals surface area contributed by atoms with Crippen LogP contribution in [0.3, 0.4) is 0 Å². The van der Waals surface area contributed by atoms with Crippen LogP contribution in [-0.4, -0.2) is 13.9 Å². The molecule has 0 atom stereocenters. The van der Waals surface area contributed by atoms with E-state index in [-0.39, 0.29) is 6.79 Å². The number of rotatable bonds is 8. The Balaban J connectivity index is 1.43. The lowest BCUT2D eigenvalue weighted by atomic mass is 10.1. The SMILES string of the molecule is COc1cccc(CNCc2ccc3c(c2)OCO3)c1OCc1ccccc1C.